The van der Waals surface area contributed by atoms with Gasteiger partial charge in [-0.2, -0.15) is 0 Å². The first kappa shape index (κ1) is 15.6. The molecule has 1 aromatic carbocycles. The molecule has 3 N–H and O–H groups in total. The van der Waals surface area contributed by atoms with Crippen LogP contribution >= 0.6 is 11.8 Å². The third-order valence-electron chi connectivity index (χ3n) is 2.95. The summed E-state index contributed by atoms with van der Waals surface area (Å²) in [5.74, 6) is -0.807. The van der Waals surface area contributed by atoms with Crippen LogP contribution in [-0.2, 0) is 4.79 Å². The van der Waals surface area contributed by atoms with E-state index < -0.39 is 11.9 Å². The van der Waals surface area contributed by atoms with E-state index in [1.165, 1.54) is 0 Å². The molecule has 0 saturated heterocycles. The zero-order valence-electron chi connectivity index (χ0n) is 11.7. The Labute approximate surface area is 118 Å². The molecule has 1 unspecified atom stereocenters. The Hall–Kier alpha value is -1.49. The normalized spacial score (nSPS) is 12.3. The highest BCUT2D eigenvalue weighted by molar-refractivity contribution is 7.98. The van der Waals surface area contributed by atoms with E-state index in [1.807, 2.05) is 45.2 Å². The number of thioether (sulfide) groups is 1. The van der Waals surface area contributed by atoms with E-state index in [4.69, 9.17) is 5.73 Å². The molecule has 0 bridgehead atoms. The maximum Gasteiger partial charge on any atom is 0.252 e. The standard InChI is InChI=1S/C14H20N2O2S/c1-8(2)12(13(15)17)16-14(18)11-7-10(19-4)6-5-9(11)3/h5-8,12H,1-4H3,(H2,15,17)(H,16,18). The molecule has 4 nitrogen and oxygen atoms in total. The molecule has 0 aliphatic heterocycles. The second-order valence-electron chi connectivity index (χ2n) is 4.78. The topological polar surface area (TPSA) is 72.2 Å². The highest BCUT2D eigenvalue weighted by atomic mass is 32.2. The van der Waals surface area contributed by atoms with E-state index >= 15 is 0 Å². The summed E-state index contributed by atoms with van der Waals surface area (Å²) in [5, 5.41) is 2.70. The summed E-state index contributed by atoms with van der Waals surface area (Å²) in [6, 6.07) is 5.04. The van der Waals surface area contributed by atoms with Crippen LogP contribution in [0.3, 0.4) is 0 Å². The van der Waals surface area contributed by atoms with Crippen molar-refractivity contribution in [1.82, 2.24) is 5.32 Å². The second-order valence-corrected chi connectivity index (χ2v) is 5.66. The van der Waals surface area contributed by atoms with Crippen LogP contribution < -0.4 is 11.1 Å². The maximum absolute atomic E-state index is 12.2. The quantitative estimate of drug-likeness (QED) is 0.810. The summed E-state index contributed by atoms with van der Waals surface area (Å²) >= 11 is 1.57. The first-order valence-electron chi connectivity index (χ1n) is 6.11. The Bertz CT molecular complexity index is 486. The molecule has 0 aliphatic rings. The number of hydrogen-bond donors (Lipinski definition) is 2. The van der Waals surface area contributed by atoms with Gasteiger partial charge in [0.2, 0.25) is 5.91 Å². The predicted octanol–water partition coefficient (Wildman–Crippen LogP) is 1.96. The molecule has 1 atom stereocenters. The number of aryl methyl sites for hydroxylation is 1. The fourth-order valence-electron chi connectivity index (χ4n) is 1.76. The lowest BCUT2D eigenvalue weighted by atomic mass is 10.0. The number of nitrogens with one attached hydrogen (secondary N) is 1. The minimum Gasteiger partial charge on any atom is -0.368 e. The van der Waals surface area contributed by atoms with Crippen LogP contribution in [0.15, 0.2) is 23.1 Å². The lowest BCUT2D eigenvalue weighted by Crippen LogP contribution is -2.47. The third-order valence-corrected chi connectivity index (χ3v) is 3.67. The van der Waals surface area contributed by atoms with E-state index in [9.17, 15) is 9.59 Å². The molecule has 1 aromatic rings. The van der Waals surface area contributed by atoms with Crippen LogP contribution in [0.1, 0.15) is 29.8 Å². The van der Waals surface area contributed by atoms with E-state index in [0.717, 1.165) is 10.5 Å². The first-order chi connectivity index (χ1) is 8.86. The van der Waals surface area contributed by atoms with Crippen molar-refractivity contribution < 1.29 is 9.59 Å². The molecular weight excluding hydrogens is 260 g/mol. The minimum absolute atomic E-state index is 0.0366. The van der Waals surface area contributed by atoms with Gasteiger partial charge in [0.1, 0.15) is 6.04 Å². The molecule has 0 heterocycles. The summed E-state index contributed by atoms with van der Waals surface area (Å²) in [6.45, 7) is 5.56. The van der Waals surface area contributed by atoms with Gasteiger partial charge < -0.3 is 11.1 Å². The van der Waals surface area contributed by atoms with Crippen molar-refractivity contribution in [2.45, 2.75) is 31.7 Å². The number of hydrogen-bond acceptors (Lipinski definition) is 3. The number of carbonyl (C=O) groups excluding carboxylic acids is 2. The van der Waals surface area contributed by atoms with E-state index in [0.29, 0.717) is 5.56 Å². The molecule has 0 saturated carbocycles. The Morgan fingerprint density at radius 3 is 2.42 bits per heavy atom. The highest BCUT2D eigenvalue weighted by Crippen LogP contribution is 2.19. The van der Waals surface area contributed by atoms with Crippen LogP contribution in [0.4, 0.5) is 0 Å². The highest BCUT2D eigenvalue weighted by Gasteiger charge is 2.22. The van der Waals surface area contributed by atoms with Crippen LogP contribution in [0, 0.1) is 12.8 Å². The molecule has 0 radical (unpaired) electrons. The van der Waals surface area contributed by atoms with Gasteiger partial charge in [0.25, 0.3) is 5.91 Å². The van der Waals surface area contributed by atoms with Crippen LogP contribution in [0.5, 0.6) is 0 Å². The van der Waals surface area contributed by atoms with Crippen molar-refractivity contribution in [3.05, 3.63) is 29.3 Å². The largest absolute Gasteiger partial charge is 0.368 e. The second kappa shape index (κ2) is 6.61. The van der Waals surface area contributed by atoms with E-state index in [2.05, 4.69) is 5.32 Å². The molecule has 2 amide bonds. The Kier molecular flexibility index (Phi) is 5.42. The van der Waals surface area contributed by atoms with Crippen molar-refractivity contribution in [2.24, 2.45) is 11.7 Å². The lowest BCUT2D eigenvalue weighted by molar-refractivity contribution is -0.120. The van der Waals surface area contributed by atoms with Crippen LogP contribution in [0.2, 0.25) is 0 Å². The van der Waals surface area contributed by atoms with Gasteiger partial charge in [0.15, 0.2) is 0 Å². The van der Waals surface area contributed by atoms with Crippen LogP contribution in [0.25, 0.3) is 0 Å². The van der Waals surface area contributed by atoms with Gasteiger partial charge in [0.05, 0.1) is 0 Å². The minimum atomic E-state index is -0.648. The predicted molar refractivity (Wildman–Crippen MR) is 78.2 cm³/mol. The summed E-state index contributed by atoms with van der Waals surface area (Å²) in [7, 11) is 0. The van der Waals surface area contributed by atoms with Crippen molar-refractivity contribution in [2.75, 3.05) is 6.26 Å². The smallest absolute Gasteiger partial charge is 0.252 e. The zero-order valence-corrected chi connectivity index (χ0v) is 12.5. The molecule has 104 valence electrons. The third kappa shape index (κ3) is 3.99. The fraction of sp³-hybridized carbons (Fsp3) is 0.429. The van der Waals surface area contributed by atoms with E-state index in [1.54, 1.807) is 11.8 Å². The molecule has 0 aromatic heterocycles. The van der Waals surface area contributed by atoms with Gasteiger partial charge in [0, 0.05) is 10.5 Å². The van der Waals surface area contributed by atoms with Gasteiger partial charge in [-0.05, 0) is 36.8 Å². The summed E-state index contributed by atoms with van der Waals surface area (Å²) in [6.07, 6.45) is 1.95. The van der Waals surface area contributed by atoms with Gasteiger partial charge in [-0.3, -0.25) is 9.59 Å². The number of carbonyl (C=O) groups is 2. The monoisotopic (exact) mass is 280 g/mol. The number of nitrogens with two attached hydrogens (primary N) is 1. The van der Waals surface area contributed by atoms with Crippen LogP contribution in [-0.4, -0.2) is 24.1 Å². The number of rotatable bonds is 5. The van der Waals surface area contributed by atoms with E-state index in [-0.39, 0.29) is 11.8 Å². The van der Waals surface area contributed by atoms with Crippen molar-refractivity contribution in [3.63, 3.8) is 0 Å². The Morgan fingerprint density at radius 2 is 1.95 bits per heavy atom. The number of primary amides is 1. The van der Waals surface area contributed by atoms with Crippen molar-refractivity contribution in [3.8, 4) is 0 Å². The SMILES string of the molecule is CSc1ccc(C)c(C(=O)NC(C(N)=O)C(C)C)c1. The van der Waals surface area contributed by atoms with Crippen molar-refractivity contribution >= 4 is 23.6 Å². The molecular formula is C14H20N2O2S. The zero-order chi connectivity index (χ0) is 14.6. The van der Waals surface area contributed by atoms with Gasteiger partial charge in [-0.1, -0.05) is 19.9 Å². The molecule has 0 aliphatic carbocycles. The Balaban J connectivity index is 2.97. The molecule has 5 heteroatoms. The maximum atomic E-state index is 12.2. The molecule has 0 fully saturated rings. The fourth-order valence-corrected chi connectivity index (χ4v) is 2.20. The lowest BCUT2D eigenvalue weighted by Gasteiger charge is -2.19. The summed E-state index contributed by atoms with van der Waals surface area (Å²) in [4.78, 5) is 24.6. The van der Waals surface area contributed by atoms with Gasteiger partial charge in [-0.25, -0.2) is 0 Å². The molecule has 0 spiro atoms. The average molecular weight is 280 g/mol. The first-order valence-corrected chi connectivity index (χ1v) is 7.34. The number of benzene rings is 1. The van der Waals surface area contributed by atoms with Crippen molar-refractivity contribution in [1.29, 1.82) is 0 Å². The number of amides is 2. The molecule has 1 rings (SSSR count). The summed E-state index contributed by atoms with van der Waals surface area (Å²) < 4.78 is 0. The van der Waals surface area contributed by atoms with Gasteiger partial charge >= 0.3 is 0 Å². The van der Waals surface area contributed by atoms with Gasteiger partial charge in [-0.15, -0.1) is 11.8 Å². The summed E-state index contributed by atoms with van der Waals surface area (Å²) in [5.41, 5.74) is 6.76. The Morgan fingerprint density at radius 1 is 1.32 bits per heavy atom. The molecule has 19 heavy (non-hydrogen) atoms. The average Bonchev–Trinajstić information content (AvgIpc) is 2.35.